The molecule has 2 aromatic carbocycles. The molecule has 1 aliphatic heterocycles. The van der Waals surface area contributed by atoms with E-state index in [1.54, 1.807) is 24.3 Å². The normalized spacial score (nSPS) is 23.3. The molecule has 2 amide bonds. The molecule has 0 saturated carbocycles. The zero-order chi connectivity index (χ0) is 34.6. The fraction of sp³-hybridized carbons (Fsp3) is 0.269. The van der Waals surface area contributed by atoms with Crippen LogP contribution >= 0.6 is 23.2 Å². The van der Waals surface area contributed by atoms with Gasteiger partial charge in [-0.3, -0.25) is 19.6 Å². The molecule has 1 saturated heterocycles. The first kappa shape index (κ1) is 18.8. The summed E-state index contributed by atoms with van der Waals surface area (Å²) in [5.41, 5.74) is -0.0286. The van der Waals surface area contributed by atoms with Crippen LogP contribution in [-0.2, 0) is 14.6 Å². The number of hydrazine groups is 1. The van der Waals surface area contributed by atoms with E-state index in [-0.39, 0.29) is 34.4 Å². The first-order valence-corrected chi connectivity index (χ1v) is 13.1. The van der Waals surface area contributed by atoms with E-state index in [1.807, 2.05) is 5.43 Å². The van der Waals surface area contributed by atoms with E-state index < -0.39 is 51.7 Å². The summed E-state index contributed by atoms with van der Waals surface area (Å²) >= 11 is 12.5. The fourth-order valence-electron chi connectivity index (χ4n) is 3.40. The minimum absolute atomic E-state index is 0.0857. The van der Waals surface area contributed by atoms with Gasteiger partial charge in [0.2, 0.25) is 5.91 Å². The predicted octanol–water partition coefficient (Wildman–Crippen LogP) is 3.15. The third-order valence-corrected chi connectivity index (χ3v) is 6.41. The molecule has 12 heteroatoms. The van der Waals surface area contributed by atoms with Crippen LogP contribution in [0.25, 0.3) is 17.1 Å². The van der Waals surface area contributed by atoms with E-state index in [2.05, 4.69) is 16.8 Å². The van der Waals surface area contributed by atoms with Crippen molar-refractivity contribution in [3.63, 3.8) is 0 Å². The molecule has 3 N–H and O–H groups in total. The number of rotatable bonds is 6. The lowest BCUT2D eigenvalue weighted by atomic mass is 10.1. The van der Waals surface area contributed by atoms with Crippen LogP contribution in [-0.4, -0.2) is 59.2 Å². The smallest absolute Gasteiger partial charge is 0.286 e. The zero-order valence-corrected chi connectivity index (χ0v) is 22.0. The minimum atomic E-state index is -5.75. The number of carbonyl (C=O) groups is 2. The van der Waals surface area contributed by atoms with Crippen LogP contribution < -0.4 is 11.2 Å². The van der Waals surface area contributed by atoms with Gasteiger partial charge in [-0.2, -0.15) is 0 Å². The number of nitrogens with zero attached hydrogens (tertiary/aromatic N) is 3. The highest BCUT2D eigenvalue weighted by atomic mass is 35.5. The summed E-state index contributed by atoms with van der Waals surface area (Å²) < 4.78 is 91.1. The molecule has 0 bridgehead atoms. The van der Waals surface area contributed by atoms with Gasteiger partial charge in [-0.1, -0.05) is 35.0 Å². The summed E-state index contributed by atoms with van der Waals surface area (Å²) in [5.74, 6) is 4.02. The van der Waals surface area contributed by atoms with Gasteiger partial charge < -0.3 is 5.73 Å². The summed E-state index contributed by atoms with van der Waals surface area (Å²) in [6.45, 7) is -6.12. The SMILES string of the molecule is [2H]C1([2H])N(NC(=O)c2nc(-c3ccc(Cl)cc3Cl)n(-c3ccc(C#CCCC(N)=O)cc3)c2C)C([2H])([2H])C([2H])([2H])S(=O)(=O)C1([2H])[2H]. The number of carbonyl (C=O) groups excluding carboxylic acids is 2. The molecule has 1 aliphatic rings. The van der Waals surface area contributed by atoms with Crippen LogP contribution in [0.2, 0.25) is 10.0 Å². The lowest BCUT2D eigenvalue weighted by molar-refractivity contribution is -0.117. The number of imidazole rings is 1. The van der Waals surface area contributed by atoms with E-state index in [1.165, 1.54) is 29.7 Å². The van der Waals surface area contributed by atoms with Gasteiger partial charge in [0.1, 0.15) is 5.82 Å². The largest absolute Gasteiger partial charge is 0.370 e. The van der Waals surface area contributed by atoms with Crippen LogP contribution in [0.4, 0.5) is 0 Å². The minimum Gasteiger partial charge on any atom is -0.370 e. The van der Waals surface area contributed by atoms with Crippen molar-refractivity contribution in [2.45, 2.75) is 19.8 Å². The fourth-order valence-corrected chi connectivity index (χ4v) is 4.37. The molecule has 2 heterocycles. The number of primary amides is 1. The van der Waals surface area contributed by atoms with Crippen molar-refractivity contribution in [3.05, 3.63) is 69.5 Å². The highest BCUT2D eigenvalue weighted by molar-refractivity contribution is 7.91. The number of benzene rings is 2. The Morgan fingerprint density at radius 1 is 1.16 bits per heavy atom. The molecule has 38 heavy (non-hydrogen) atoms. The van der Waals surface area contributed by atoms with Gasteiger partial charge >= 0.3 is 0 Å². The van der Waals surface area contributed by atoms with Gasteiger partial charge in [0.05, 0.1) is 22.1 Å². The number of aromatic nitrogens is 2. The Balaban J connectivity index is 1.83. The van der Waals surface area contributed by atoms with Crippen LogP contribution in [0.15, 0.2) is 42.5 Å². The average Bonchev–Trinajstić information content (AvgIpc) is 3.29. The van der Waals surface area contributed by atoms with Gasteiger partial charge in [0, 0.05) is 58.6 Å². The van der Waals surface area contributed by atoms with Gasteiger partial charge in [0.15, 0.2) is 15.5 Å². The highest BCUT2D eigenvalue weighted by Gasteiger charge is 2.27. The molecule has 1 fully saturated rings. The topological polar surface area (TPSA) is 127 Å². The van der Waals surface area contributed by atoms with E-state index in [0.717, 1.165) is 0 Å². The lowest BCUT2D eigenvalue weighted by Gasteiger charge is -2.26. The molecule has 4 rings (SSSR count). The second-order valence-corrected chi connectivity index (χ2v) is 10.1. The Morgan fingerprint density at radius 2 is 1.84 bits per heavy atom. The molecule has 9 nitrogen and oxygen atoms in total. The van der Waals surface area contributed by atoms with Gasteiger partial charge in [-0.25, -0.2) is 18.4 Å². The standard InChI is InChI=1S/C26H25Cl2N5O4S/c1-17-24(26(35)31-32-12-14-38(36,37)15-13-32)30-25(21-11-8-19(27)16-22(21)28)33(17)20-9-6-18(7-10-20)4-2-3-5-23(29)34/h6-11,16H,3,5,12-15H2,1H3,(H2,29,34)(H,31,35)/i12D2,13D2,14D2,15D2. The number of sulfone groups is 1. The molecule has 0 unspecified atom stereocenters. The Bertz CT molecular complexity index is 1870. The van der Waals surface area contributed by atoms with Crippen molar-refractivity contribution < 1.29 is 29.0 Å². The third kappa shape index (κ3) is 6.55. The number of amides is 2. The number of hydrogen-bond donors (Lipinski definition) is 2. The Kier molecular flexibility index (Phi) is 5.73. The number of nitrogens with two attached hydrogens (primary N) is 1. The lowest BCUT2D eigenvalue weighted by Crippen LogP contribution is -2.50. The maximum absolute atomic E-state index is 13.6. The van der Waals surface area contributed by atoms with Crippen LogP contribution in [0, 0.1) is 18.8 Å². The summed E-state index contributed by atoms with van der Waals surface area (Å²) in [6.07, 6.45) is 0.359. The highest BCUT2D eigenvalue weighted by Crippen LogP contribution is 2.33. The summed E-state index contributed by atoms with van der Waals surface area (Å²) in [4.78, 5) is 29.0. The predicted molar refractivity (Wildman–Crippen MR) is 147 cm³/mol. The second-order valence-electron chi connectivity index (χ2n) is 7.85. The molecule has 0 radical (unpaired) electrons. The third-order valence-electron chi connectivity index (χ3n) is 5.15. The van der Waals surface area contributed by atoms with Gasteiger partial charge in [-0.15, -0.1) is 0 Å². The van der Waals surface area contributed by atoms with Crippen molar-refractivity contribution >= 4 is 44.9 Å². The van der Waals surface area contributed by atoms with Crippen molar-refractivity contribution in [1.82, 2.24) is 20.0 Å². The van der Waals surface area contributed by atoms with Crippen LogP contribution in [0.5, 0.6) is 0 Å². The molecular formula is C26H25Cl2N5O4S. The first-order chi connectivity index (χ1) is 21.1. The van der Waals surface area contributed by atoms with Crippen molar-refractivity contribution in [2.75, 3.05) is 24.4 Å². The Hall–Kier alpha value is -3.36. The molecule has 0 spiro atoms. The molecular weight excluding hydrogens is 549 g/mol. The van der Waals surface area contributed by atoms with Gasteiger partial charge in [0.25, 0.3) is 5.91 Å². The van der Waals surface area contributed by atoms with Gasteiger partial charge in [-0.05, 0) is 49.4 Å². The van der Waals surface area contributed by atoms with Crippen LogP contribution in [0.3, 0.4) is 0 Å². The monoisotopic (exact) mass is 581 g/mol. The molecule has 1 aromatic heterocycles. The van der Waals surface area contributed by atoms with E-state index in [4.69, 9.17) is 39.9 Å². The molecule has 198 valence electrons. The van der Waals surface area contributed by atoms with Crippen LogP contribution in [0.1, 0.15) is 45.6 Å². The van der Waals surface area contributed by atoms with Crippen molar-refractivity contribution in [2.24, 2.45) is 5.73 Å². The quantitative estimate of drug-likeness (QED) is 0.430. The maximum Gasteiger partial charge on any atom is 0.286 e. The second kappa shape index (κ2) is 11.6. The number of hydrogen-bond acceptors (Lipinski definition) is 6. The van der Waals surface area contributed by atoms with Crippen molar-refractivity contribution in [3.8, 4) is 28.9 Å². The van der Waals surface area contributed by atoms with E-state index >= 15 is 0 Å². The maximum atomic E-state index is 13.6. The molecule has 3 aromatic rings. The summed E-state index contributed by atoms with van der Waals surface area (Å²) in [7, 11) is -5.75. The van der Waals surface area contributed by atoms with E-state index in [9.17, 15) is 18.0 Å². The zero-order valence-electron chi connectivity index (χ0n) is 27.7. The molecule has 0 aliphatic carbocycles. The first-order valence-electron chi connectivity index (χ1n) is 14.9. The van der Waals surface area contributed by atoms with E-state index in [0.29, 0.717) is 21.8 Å². The number of nitrogens with one attached hydrogen (secondary N) is 1. The van der Waals surface area contributed by atoms with Crippen molar-refractivity contribution in [1.29, 1.82) is 0 Å². The average molecular weight is 583 g/mol. The number of halogens is 2. The Morgan fingerprint density at radius 3 is 2.47 bits per heavy atom. The summed E-state index contributed by atoms with van der Waals surface area (Å²) in [5, 5.41) is 0.120. The molecule has 0 atom stereocenters. The summed E-state index contributed by atoms with van der Waals surface area (Å²) in [6, 6.07) is 11.1. The Labute approximate surface area is 242 Å².